The van der Waals surface area contributed by atoms with Crippen LogP contribution >= 0.6 is 0 Å². The molecule has 0 radical (unpaired) electrons. The van der Waals surface area contributed by atoms with Crippen LogP contribution in [0.15, 0.2) is 10.6 Å². The summed E-state index contributed by atoms with van der Waals surface area (Å²) in [7, 11) is 0. The van der Waals surface area contributed by atoms with E-state index in [1.165, 1.54) is 0 Å². The summed E-state index contributed by atoms with van der Waals surface area (Å²) in [5.74, 6) is 2.31. The van der Waals surface area contributed by atoms with Gasteiger partial charge in [0.15, 0.2) is 5.69 Å². The first-order chi connectivity index (χ1) is 12.5. The highest BCUT2D eigenvalue weighted by Crippen LogP contribution is 2.40. The van der Waals surface area contributed by atoms with Crippen molar-refractivity contribution in [2.45, 2.75) is 76.8 Å². The summed E-state index contributed by atoms with van der Waals surface area (Å²) in [4.78, 5) is 27.3. The van der Waals surface area contributed by atoms with Crippen LogP contribution in [0.2, 0.25) is 0 Å². The Morgan fingerprint density at radius 2 is 1.96 bits per heavy atom. The fourth-order valence-electron chi connectivity index (χ4n) is 4.51. The van der Waals surface area contributed by atoms with Gasteiger partial charge in [-0.05, 0) is 57.8 Å². The molecule has 142 valence electrons. The van der Waals surface area contributed by atoms with E-state index < -0.39 is 0 Å². The molecule has 26 heavy (non-hydrogen) atoms. The molecule has 6 nitrogen and oxygen atoms in total. The van der Waals surface area contributed by atoms with Crippen LogP contribution in [0.3, 0.4) is 0 Å². The maximum Gasteiger partial charge on any atom is 0.273 e. The van der Waals surface area contributed by atoms with Gasteiger partial charge in [-0.2, -0.15) is 0 Å². The first-order valence-corrected chi connectivity index (χ1v) is 10.1. The van der Waals surface area contributed by atoms with Crippen LogP contribution in [-0.2, 0) is 4.79 Å². The molecule has 2 aliphatic carbocycles. The molecule has 1 aliphatic heterocycles. The summed E-state index contributed by atoms with van der Waals surface area (Å²) in [5.41, 5.74) is 0.373. The summed E-state index contributed by atoms with van der Waals surface area (Å²) in [6.07, 6.45) is 7.07. The van der Waals surface area contributed by atoms with Crippen molar-refractivity contribution in [1.82, 2.24) is 15.4 Å². The maximum atomic E-state index is 12.8. The number of hydrogen-bond donors (Lipinski definition) is 1. The first-order valence-electron chi connectivity index (χ1n) is 10.1. The van der Waals surface area contributed by atoms with Crippen LogP contribution < -0.4 is 5.32 Å². The third-order valence-electron chi connectivity index (χ3n) is 6.28. The molecule has 1 aromatic heterocycles. The second-order valence-corrected chi connectivity index (χ2v) is 8.58. The van der Waals surface area contributed by atoms with Gasteiger partial charge in [0.05, 0.1) is 0 Å². The van der Waals surface area contributed by atoms with Crippen molar-refractivity contribution in [3.63, 3.8) is 0 Å². The van der Waals surface area contributed by atoms with Crippen molar-refractivity contribution >= 4 is 11.8 Å². The van der Waals surface area contributed by atoms with Gasteiger partial charge in [-0.15, -0.1) is 0 Å². The molecule has 2 heterocycles. The lowest BCUT2D eigenvalue weighted by molar-refractivity contribution is -0.139. The largest absolute Gasteiger partial charge is 0.360 e. The van der Waals surface area contributed by atoms with Gasteiger partial charge >= 0.3 is 0 Å². The van der Waals surface area contributed by atoms with E-state index in [1.807, 2.05) is 4.90 Å². The predicted molar refractivity (Wildman–Crippen MR) is 96.6 cm³/mol. The molecule has 3 aliphatic rings. The third kappa shape index (κ3) is 3.64. The smallest absolute Gasteiger partial charge is 0.273 e. The lowest BCUT2D eigenvalue weighted by Crippen LogP contribution is -2.52. The number of likely N-dealkylation sites (tertiary alicyclic amines) is 1. The standard InChI is InChI=1S/C20H29N3O3/c1-12-3-4-15(9-12)20(25)23-8-7-16(10-13(23)2)21-19(24)17-11-18(26-22-17)14-5-6-14/h11-16H,3-10H2,1-2H3,(H,21,24)/t12-,13+,15+,16?/m0/s1. The molecular formula is C20H29N3O3. The van der Waals surface area contributed by atoms with E-state index in [1.54, 1.807) is 6.07 Å². The van der Waals surface area contributed by atoms with Crippen molar-refractivity contribution in [2.75, 3.05) is 6.54 Å². The number of amides is 2. The van der Waals surface area contributed by atoms with Crippen LogP contribution in [0.25, 0.3) is 0 Å². The molecule has 4 atom stereocenters. The second-order valence-electron chi connectivity index (χ2n) is 8.58. The topological polar surface area (TPSA) is 75.4 Å². The van der Waals surface area contributed by atoms with Crippen molar-refractivity contribution in [3.05, 3.63) is 17.5 Å². The van der Waals surface area contributed by atoms with Crippen LogP contribution in [0.4, 0.5) is 0 Å². The number of nitrogens with one attached hydrogen (secondary N) is 1. The Kier molecular flexibility index (Phi) is 4.76. The molecule has 0 aromatic carbocycles. The lowest BCUT2D eigenvalue weighted by atomic mass is 9.95. The summed E-state index contributed by atoms with van der Waals surface area (Å²) in [6.45, 7) is 5.05. The minimum atomic E-state index is -0.165. The van der Waals surface area contributed by atoms with E-state index in [-0.39, 0.29) is 23.9 Å². The average Bonchev–Trinajstić information content (AvgIpc) is 3.17. The van der Waals surface area contributed by atoms with E-state index in [0.29, 0.717) is 23.4 Å². The van der Waals surface area contributed by atoms with Crippen molar-refractivity contribution in [3.8, 4) is 0 Å². The molecule has 2 saturated carbocycles. The van der Waals surface area contributed by atoms with E-state index in [9.17, 15) is 9.59 Å². The number of carbonyl (C=O) groups is 2. The number of aromatic nitrogens is 1. The monoisotopic (exact) mass is 359 g/mol. The highest BCUT2D eigenvalue weighted by atomic mass is 16.5. The van der Waals surface area contributed by atoms with Gasteiger partial charge in [-0.25, -0.2) is 0 Å². The molecule has 6 heteroatoms. The Hall–Kier alpha value is -1.85. The van der Waals surface area contributed by atoms with Gasteiger partial charge in [-0.3, -0.25) is 9.59 Å². The number of rotatable bonds is 4. The zero-order valence-corrected chi connectivity index (χ0v) is 15.7. The highest BCUT2D eigenvalue weighted by molar-refractivity contribution is 5.92. The minimum absolute atomic E-state index is 0.0881. The highest BCUT2D eigenvalue weighted by Gasteiger charge is 2.36. The minimum Gasteiger partial charge on any atom is -0.360 e. The lowest BCUT2D eigenvalue weighted by Gasteiger charge is -2.39. The Morgan fingerprint density at radius 3 is 2.62 bits per heavy atom. The number of piperidine rings is 1. The normalized spacial score (nSPS) is 31.8. The summed E-state index contributed by atoms with van der Waals surface area (Å²) in [6, 6.07) is 2.03. The van der Waals surface area contributed by atoms with Gasteiger partial charge in [0.25, 0.3) is 5.91 Å². The Balaban J connectivity index is 1.30. The molecular weight excluding hydrogens is 330 g/mol. The molecule has 0 bridgehead atoms. The molecule has 1 N–H and O–H groups in total. The predicted octanol–water partition coefficient (Wildman–Crippen LogP) is 3.10. The number of nitrogens with zero attached hydrogens (tertiary/aromatic N) is 2. The average molecular weight is 359 g/mol. The zero-order chi connectivity index (χ0) is 18.3. The van der Waals surface area contributed by atoms with Crippen LogP contribution in [-0.4, -0.2) is 40.5 Å². The first kappa shape index (κ1) is 17.6. The van der Waals surface area contributed by atoms with E-state index >= 15 is 0 Å². The molecule has 3 fully saturated rings. The third-order valence-corrected chi connectivity index (χ3v) is 6.28. The molecule has 1 aromatic rings. The van der Waals surface area contributed by atoms with E-state index in [2.05, 4.69) is 24.3 Å². The number of carbonyl (C=O) groups excluding carboxylic acids is 2. The van der Waals surface area contributed by atoms with Crippen molar-refractivity contribution < 1.29 is 14.1 Å². The molecule has 4 rings (SSSR count). The van der Waals surface area contributed by atoms with Crippen LogP contribution in [0.1, 0.15) is 81.0 Å². The molecule has 0 spiro atoms. The SMILES string of the molecule is C[C@H]1CC[C@@H](C(=O)N2CCC(NC(=O)c3cc(C4CC4)on3)C[C@H]2C)C1. The van der Waals surface area contributed by atoms with E-state index in [0.717, 1.165) is 57.3 Å². The second kappa shape index (κ2) is 7.05. The molecule has 1 saturated heterocycles. The number of hydrogen-bond acceptors (Lipinski definition) is 4. The van der Waals surface area contributed by atoms with Gasteiger partial charge < -0.3 is 14.7 Å². The van der Waals surface area contributed by atoms with Gasteiger partial charge in [0, 0.05) is 36.5 Å². The van der Waals surface area contributed by atoms with Crippen LogP contribution in [0.5, 0.6) is 0 Å². The quantitative estimate of drug-likeness (QED) is 0.896. The Morgan fingerprint density at radius 1 is 1.15 bits per heavy atom. The van der Waals surface area contributed by atoms with E-state index in [4.69, 9.17) is 4.52 Å². The summed E-state index contributed by atoms with van der Waals surface area (Å²) < 4.78 is 5.27. The fourth-order valence-corrected chi connectivity index (χ4v) is 4.51. The summed E-state index contributed by atoms with van der Waals surface area (Å²) >= 11 is 0. The van der Waals surface area contributed by atoms with Gasteiger partial charge in [0.1, 0.15) is 5.76 Å². The Labute approximate surface area is 154 Å². The summed E-state index contributed by atoms with van der Waals surface area (Å²) in [5, 5.41) is 6.99. The fraction of sp³-hybridized carbons (Fsp3) is 0.750. The molecule has 1 unspecified atom stereocenters. The van der Waals surface area contributed by atoms with Gasteiger partial charge in [0.2, 0.25) is 5.91 Å². The zero-order valence-electron chi connectivity index (χ0n) is 15.7. The Bertz CT molecular complexity index is 682. The van der Waals surface area contributed by atoms with Crippen molar-refractivity contribution in [1.29, 1.82) is 0 Å². The molecule has 2 amide bonds. The van der Waals surface area contributed by atoms with Crippen LogP contribution in [0, 0.1) is 11.8 Å². The maximum absolute atomic E-state index is 12.8. The van der Waals surface area contributed by atoms with Gasteiger partial charge in [-0.1, -0.05) is 12.1 Å². The van der Waals surface area contributed by atoms with Crippen molar-refractivity contribution in [2.24, 2.45) is 11.8 Å².